The number of benzene rings is 1. The third-order valence-electron chi connectivity index (χ3n) is 3.88. The van der Waals surface area contributed by atoms with Crippen molar-refractivity contribution in [1.82, 2.24) is 5.32 Å². The molecule has 1 aliphatic rings. The van der Waals surface area contributed by atoms with Crippen LogP contribution < -0.4 is 5.32 Å². The van der Waals surface area contributed by atoms with Crippen molar-refractivity contribution >= 4 is 0 Å². The molecule has 0 aliphatic carbocycles. The fourth-order valence-corrected chi connectivity index (χ4v) is 2.44. The Labute approximate surface area is 134 Å². The molecule has 1 heterocycles. The molecule has 124 valence electrons. The van der Waals surface area contributed by atoms with Crippen LogP contribution in [0.25, 0.3) is 0 Å². The topological polar surface area (TPSA) is 39.7 Å². The van der Waals surface area contributed by atoms with Crippen LogP contribution >= 0.6 is 0 Å². The van der Waals surface area contributed by atoms with Crippen LogP contribution in [0.2, 0.25) is 0 Å². The lowest BCUT2D eigenvalue weighted by molar-refractivity contribution is -0.389. The van der Waals surface area contributed by atoms with Gasteiger partial charge in [-0.2, -0.15) is 0 Å². The van der Waals surface area contributed by atoms with Crippen molar-refractivity contribution in [2.75, 3.05) is 26.4 Å². The minimum absolute atomic E-state index is 0.193. The molecule has 4 heteroatoms. The smallest absolute Gasteiger partial charge is 0.296 e. The van der Waals surface area contributed by atoms with Gasteiger partial charge in [-0.1, -0.05) is 57.0 Å². The van der Waals surface area contributed by atoms with Gasteiger partial charge in [0.2, 0.25) is 0 Å². The predicted octanol–water partition coefficient (Wildman–Crippen LogP) is 3.63. The second-order valence-corrected chi connectivity index (χ2v) is 5.74. The Bertz CT molecular complexity index is 390. The average Bonchev–Trinajstić information content (AvgIpc) is 2.57. The summed E-state index contributed by atoms with van der Waals surface area (Å²) in [6, 6.07) is 10.6. The molecule has 0 bridgehead atoms. The molecule has 0 saturated carbocycles. The molecule has 1 atom stereocenters. The number of morpholine rings is 1. The van der Waals surface area contributed by atoms with E-state index in [1.165, 1.54) is 5.56 Å². The molecule has 2 rings (SSSR count). The van der Waals surface area contributed by atoms with E-state index in [0.717, 1.165) is 25.7 Å². The lowest BCUT2D eigenvalue weighted by atomic mass is 10.1. The fraction of sp³-hybridized carbons (Fsp3) is 0.667. The molecular weight excluding hydrogens is 278 g/mol. The second kappa shape index (κ2) is 9.26. The molecule has 1 N–H and O–H groups in total. The van der Waals surface area contributed by atoms with Gasteiger partial charge in [-0.25, -0.2) is 0 Å². The van der Waals surface area contributed by atoms with Crippen LogP contribution in [-0.2, 0) is 14.2 Å². The van der Waals surface area contributed by atoms with E-state index >= 15 is 0 Å². The summed E-state index contributed by atoms with van der Waals surface area (Å²) in [7, 11) is 0. The van der Waals surface area contributed by atoms with Gasteiger partial charge < -0.3 is 19.5 Å². The number of unbranched alkanes of at least 4 members (excludes halogenated alkanes) is 2. The predicted molar refractivity (Wildman–Crippen MR) is 87.6 cm³/mol. The maximum Gasteiger partial charge on any atom is 0.296 e. The number of nitrogens with one attached hydrogen (secondary N) is 1. The van der Waals surface area contributed by atoms with Gasteiger partial charge in [-0.15, -0.1) is 0 Å². The van der Waals surface area contributed by atoms with Gasteiger partial charge in [0.25, 0.3) is 5.97 Å². The van der Waals surface area contributed by atoms with Gasteiger partial charge in [0.15, 0.2) is 0 Å². The van der Waals surface area contributed by atoms with E-state index in [-0.39, 0.29) is 6.04 Å². The molecule has 0 radical (unpaired) electrons. The normalized spacial score (nSPS) is 20.9. The maximum absolute atomic E-state index is 6.02. The SMILES string of the molecule is CCCCOC1(OCCCC)CNC(c2ccccc2)CO1. The summed E-state index contributed by atoms with van der Waals surface area (Å²) in [4.78, 5) is 0. The fourth-order valence-electron chi connectivity index (χ4n) is 2.44. The molecule has 22 heavy (non-hydrogen) atoms. The van der Waals surface area contributed by atoms with Crippen molar-refractivity contribution in [2.24, 2.45) is 0 Å². The second-order valence-electron chi connectivity index (χ2n) is 5.74. The minimum atomic E-state index is -0.921. The van der Waals surface area contributed by atoms with Crippen LogP contribution in [0.3, 0.4) is 0 Å². The Morgan fingerprint density at radius 3 is 2.23 bits per heavy atom. The number of rotatable bonds is 9. The van der Waals surface area contributed by atoms with E-state index in [1.807, 2.05) is 18.2 Å². The molecule has 1 saturated heterocycles. The highest BCUT2D eigenvalue weighted by Gasteiger charge is 2.39. The number of hydrogen-bond donors (Lipinski definition) is 1. The highest BCUT2D eigenvalue weighted by Crippen LogP contribution is 2.26. The first kappa shape index (κ1) is 17.4. The molecule has 4 nitrogen and oxygen atoms in total. The van der Waals surface area contributed by atoms with Crippen molar-refractivity contribution in [3.8, 4) is 0 Å². The summed E-state index contributed by atoms with van der Waals surface area (Å²) in [6.07, 6.45) is 4.24. The summed E-state index contributed by atoms with van der Waals surface area (Å²) >= 11 is 0. The van der Waals surface area contributed by atoms with Gasteiger partial charge in [0, 0.05) is 0 Å². The molecule has 1 aromatic rings. The van der Waals surface area contributed by atoms with Crippen LogP contribution in [0, 0.1) is 0 Å². The zero-order chi connectivity index (χ0) is 15.7. The molecule has 1 aliphatic heterocycles. The highest BCUT2D eigenvalue weighted by atomic mass is 16.9. The van der Waals surface area contributed by atoms with Crippen LogP contribution in [0.1, 0.15) is 51.1 Å². The third-order valence-corrected chi connectivity index (χ3v) is 3.88. The first-order chi connectivity index (χ1) is 10.8. The number of hydrogen-bond acceptors (Lipinski definition) is 4. The van der Waals surface area contributed by atoms with Crippen LogP contribution in [0.5, 0.6) is 0 Å². The lowest BCUT2D eigenvalue weighted by Gasteiger charge is -2.40. The summed E-state index contributed by atoms with van der Waals surface area (Å²) < 4.78 is 17.9. The molecule has 0 spiro atoms. The third kappa shape index (κ3) is 5.06. The van der Waals surface area contributed by atoms with E-state index in [9.17, 15) is 0 Å². The van der Waals surface area contributed by atoms with E-state index in [2.05, 4.69) is 31.3 Å². The first-order valence-electron chi connectivity index (χ1n) is 8.50. The van der Waals surface area contributed by atoms with Gasteiger partial charge >= 0.3 is 0 Å². The Balaban J connectivity index is 1.91. The van der Waals surface area contributed by atoms with Gasteiger partial charge in [0.05, 0.1) is 32.4 Å². The van der Waals surface area contributed by atoms with Gasteiger partial charge in [-0.05, 0) is 18.4 Å². The van der Waals surface area contributed by atoms with Gasteiger partial charge in [-0.3, -0.25) is 0 Å². The summed E-state index contributed by atoms with van der Waals surface area (Å²) in [6.45, 7) is 6.75. The molecule has 1 aromatic carbocycles. The molecule has 1 fully saturated rings. The molecule has 0 aromatic heterocycles. The van der Waals surface area contributed by atoms with Crippen molar-refractivity contribution in [3.63, 3.8) is 0 Å². The quantitative estimate of drug-likeness (QED) is 0.558. The monoisotopic (exact) mass is 307 g/mol. The Morgan fingerprint density at radius 2 is 1.73 bits per heavy atom. The van der Waals surface area contributed by atoms with Crippen LogP contribution in [0.15, 0.2) is 30.3 Å². The summed E-state index contributed by atoms with van der Waals surface area (Å²) in [5.41, 5.74) is 1.23. The Hall–Kier alpha value is -0.940. The van der Waals surface area contributed by atoms with E-state index in [4.69, 9.17) is 14.2 Å². The van der Waals surface area contributed by atoms with Crippen molar-refractivity contribution in [1.29, 1.82) is 0 Å². The van der Waals surface area contributed by atoms with Crippen LogP contribution in [0.4, 0.5) is 0 Å². The Morgan fingerprint density at radius 1 is 1.09 bits per heavy atom. The Kier molecular flexibility index (Phi) is 7.33. The van der Waals surface area contributed by atoms with E-state index in [0.29, 0.717) is 26.4 Å². The highest BCUT2D eigenvalue weighted by molar-refractivity contribution is 5.19. The first-order valence-corrected chi connectivity index (χ1v) is 8.50. The molecule has 0 amide bonds. The van der Waals surface area contributed by atoms with E-state index in [1.54, 1.807) is 0 Å². The van der Waals surface area contributed by atoms with Gasteiger partial charge in [0.1, 0.15) is 0 Å². The largest absolute Gasteiger partial charge is 0.326 e. The van der Waals surface area contributed by atoms with Crippen molar-refractivity contribution in [2.45, 2.75) is 51.5 Å². The standard InChI is InChI=1S/C18H29NO3/c1-3-5-12-20-18(21-13-6-4-2)15-19-17(14-22-18)16-10-8-7-9-11-16/h7-11,17,19H,3-6,12-15H2,1-2H3. The summed E-state index contributed by atoms with van der Waals surface area (Å²) in [5, 5.41) is 3.51. The zero-order valence-electron chi connectivity index (χ0n) is 13.8. The van der Waals surface area contributed by atoms with E-state index < -0.39 is 5.97 Å². The van der Waals surface area contributed by atoms with Crippen molar-refractivity contribution < 1.29 is 14.2 Å². The lowest BCUT2D eigenvalue weighted by Crippen LogP contribution is -2.54. The zero-order valence-corrected chi connectivity index (χ0v) is 13.8. The molecule has 1 unspecified atom stereocenters. The molecular formula is C18H29NO3. The minimum Gasteiger partial charge on any atom is -0.326 e. The summed E-state index contributed by atoms with van der Waals surface area (Å²) in [5.74, 6) is -0.921. The van der Waals surface area contributed by atoms with Crippen molar-refractivity contribution in [3.05, 3.63) is 35.9 Å². The number of ether oxygens (including phenoxy) is 3. The average molecular weight is 307 g/mol. The van der Waals surface area contributed by atoms with Crippen LogP contribution in [-0.4, -0.2) is 32.3 Å². The maximum atomic E-state index is 6.02.